The van der Waals surface area contributed by atoms with Crippen LogP contribution in [0.1, 0.15) is 6.42 Å². The van der Waals surface area contributed by atoms with E-state index in [1.165, 1.54) is 20.6 Å². The predicted molar refractivity (Wildman–Crippen MR) is 56.6 cm³/mol. The molecule has 6 unspecified atom stereocenters. The SMILES string of the molecule is COC(=O)C1C(C(=O)OC)C2C3CC4C(C31)C42. The molecule has 5 saturated carbocycles. The van der Waals surface area contributed by atoms with Gasteiger partial charge in [0.15, 0.2) is 0 Å². The molecule has 4 heteroatoms. The molecular weight excluding hydrogens is 220 g/mol. The van der Waals surface area contributed by atoms with Gasteiger partial charge in [-0.1, -0.05) is 0 Å². The Morgan fingerprint density at radius 3 is 1.59 bits per heavy atom. The summed E-state index contributed by atoms with van der Waals surface area (Å²) < 4.78 is 9.80. The van der Waals surface area contributed by atoms with Gasteiger partial charge in [0.1, 0.15) is 0 Å². The molecule has 4 nitrogen and oxygen atoms in total. The molecule has 0 saturated heterocycles. The first-order chi connectivity index (χ1) is 8.20. The summed E-state index contributed by atoms with van der Waals surface area (Å²) in [6, 6.07) is 0. The normalized spacial score (nSPS) is 55.9. The van der Waals surface area contributed by atoms with E-state index in [-0.39, 0.29) is 23.8 Å². The maximum absolute atomic E-state index is 11.9. The summed E-state index contributed by atoms with van der Waals surface area (Å²) in [5.74, 6) is 2.78. The molecule has 5 aliphatic rings. The molecule has 6 bridgehead atoms. The molecule has 5 aliphatic carbocycles. The van der Waals surface area contributed by atoms with Crippen molar-refractivity contribution in [1.82, 2.24) is 0 Å². The molecule has 5 fully saturated rings. The minimum atomic E-state index is -0.226. The van der Waals surface area contributed by atoms with Crippen LogP contribution in [-0.4, -0.2) is 26.2 Å². The van der Waals surface area contributed by atoms with Gasteiger partial charge in [-0.3, -0.25) is 9.59 Å². The number of ether oxygens (including phenoxy) is 2. The van der Waals surface area contributed by atoms with E-state index in [1.807, 2.05) is 0 Å². The summed E-state index contributed by atoms with van der Waals surface area (Å²) in [6.45, 7) is 0. The molecule has 0 aromatic carbocycles. The quantitative estimate of drug-likeness (QED) is 0.662. The molecule has 0 N–H and O–H groups in total. The Hall–Kier alpha value is -1.06. The van der Waals surface area contributed by atoms with Gasteiger partial charge in [0.05, 0.1) is 26.1 Å². The number of carbonyl (C=O) groups excluding carboxylic acids is 2. The first-order valence-corrected chi connectivity index (χ1v) is 6.36. The number of carbonyl (C=O) groups is 2. The smallest absolute Gasteiger partial charge is 0.309 e. The fourth-order valence-electron chi connectivity index (χ4n) is 5.65. The lowest BCUT2D eigenvalue weighted by molar-refractivity contribution is -0.160. The standard InChI is InChI=1S/C13H16O4/c1-16-12(14)10-8-5-3-4-6(8)7(4)9(5)11(10)13(15)17-2/h4-11H,3H2,1-2H3. The Bertz CT molecular complexity index is 382. The number of esters is 2. The average Bonchev–Trinajstić information content (AvgIpc) is 2.75. The van der Waals surface area contributed by atoms with Crippen molar-refractivity contribution in [1.29, 1.82) is 0 Å². The van der Waals surface area contributed by atoms with E-state index >= 15 is 0 Å². The summed E-state index contributed by atoms with van der Waals surface area (Å²) in [5.41, 5.74) is 0. The number of hydrogen-bond donors (Lipinski definition) is 0. The molecule has 0 spiro atoms. The summed E-state index contributed by atoms with van der Waals surface area (Å²) in [5, 5.41) is 0. The fourth-order valence-corrected chi connectivity index (χ4v) is 5.65. The highest BCUT2D eigenvalue weighted by Crippen LogP contribution is 2.83. The maximum Gasteiger partial charge on any atom is 0.309 e. The Morgan fingerprint density at radius 2 is 1.24 bits per heavy atom. The first-order valence-electron chi connectivity index (χ1n) is 6.36. The lowest BCUT2D eigenvalue weighted by atomic mass is 9.79. The van der Waals surface area contributed by atoms with Crippen LogP contribution in [0.25, 0.3) is 0 Å². The van der Waals surface area contributed by atoms with Crippen molar-refractivity contribution < 1.29 is 19.1 Å². The highest BCUT2D eigenvalue weighted by Gasteiger charge is 2.82. The third-order valence-corrected chi connectivity index (χ3v) is 5.88. The summed E-state index contributed by atoms with van der Waals surface area (Å²) in [6.07, 6.45) is 1.23. The molecule has 0 heterocycles. The van der Waals surface area contributed by atoms with E-state index in [4.69, 9.17) is 9.47 Å². The van der Waals surface area contributed by atoms with Crippen molar-refractivity contribution in [3.63, 3.8) is 0 Å². The van der Waals surface area contributed by atoms with Crippen LogP contribution in [-0.2, 0) is 19.1 Å². The molecule has 6 atom stereocenters. The second kappa shape index (κ2) is 2.85. The van der Waals surface area contributed by atoms with Crippen LogP contribution < -0.4 is 0 Å². The van der Waals surface area contributed by atoms with Crippen LogP contribution >= 0.6 is 0 Å². The van der Waals surface area contributed by atoms with Gasteiger partial charge >= 0.3 is 11.9 Å². The molecule has 0 amide bonds. The van der Waals surface area contributed by atoms with Crippen molar-refractivity contribution in [2.24, 2.45) is 47.3 Å². The highest BCUT2D eigenvalue weighted by molar-refractivity contribution is 5.84. The van der Waals surface area contributed by atoms with Crippen molar-refractivity contribution in [2.45, 2.75) is 6.42 Å². The molecule has 0 radical (unpaired) electrons. The molecule has 92 valence electrons. The lowest BCUT2D eigenvalue weighted by Crippen LogP contribution is -2.37. The van der Waals surface area contributed by atoms with E-state index in [0.717, 1.165) is 17.8 Å². The monoisotopic (exact) mass is 236 g/mol. The van der Waals surface area contributed by atoms with Gasteiger partial charge in [-0.15, -0.1) is 0 Å². The number of rotatable bonds is 2. The van der Waals surface area contributed by atoms with Crippen molar-refractivity contribution in [3.05, 3.63) is 0 Å². The van der Waals surface area contributed by atoms with E-state index < -0.39 is 0 Å². The zero-order valence-electron chi connectivity index (χ0n) is 9.96. The van der Waals surface area contributed by atoms with Gasteiger partial charge in [0.2, 0.25) is 0 Å². The Morgan fingerprint density at radius 1 is 0.824 bits per heavy atom. The molecule has 17 heavy (non-hydrogen) atoms. The summed E-state index contributed by atoms with van der Waals surface area (Å²) in [4.78, 5) is 23.9. The highest BCUT2D eigenvalue weighted by atomic mass is 16.5. The lowest BCUT2D eigenvalue weighted by Gasteiger charge is -2.26. The second-order valence-electron chi connectivity index (χ2n) is 5.97. The van der Waals surface area contributed by atoms with Gasteiger partial charge in [-0.25, -0.2) is 0 Å². The molecule has 0 aliphatic heterocycles. The van der Waals surface area contributed by atoms with Crippen LogP contribution in [0.4, 0.5) is 0 Å². The Balaban J connectivity index is 1.73. The minimum absolute atomic E-state index is 0.205. The minimum Gasteiger partial charge on any atom is -0.469 e. The Labute approximate surface area is 99.6 Å². The van der Waals surface area contributed by atoms with E-state index in [0.29, 0.717) is 17.8 Å². The topological polar surface area (TPSA) is 52.6 Å². The molecular formula is C13H16O4. The molecule has 0 aromatic heterocycles. The van der Waals surface area contributed by atoms with Gasteiger partial charge < -0.3 is 9.47 Å². The fraction of sp³-hybridized carbons (Fsp3) is 0.846. The Kier molecular flexibility index (Phi) is 1.66. The van der Waals surface area contributed by atoms with Crippen LogP contribution in [0.15, 0.2) is 0 Å². The maximum atomic E-state index is 11.9. The van der Waals surface area contributed by atoms with Gasteiger partial charge in [0.25, 0.3) is 0 Å². The van der Waals surface area contributed by atoms with E-state index in [1.54, 1.807) is 0 Å². The number of hydrogen-bond acceptors (Lipinski definition) is 4. The third kappa shape index (κ3) is 0.893. The molecule has 0 aromatic rings. The van der Waals surface area contributed by atoms with Gasteiger partial charge in [0, 0.05) is 0 Å². The van der Waals surface area contributed by atoms with E-state index in [2.05, 4.69) is 0 Å². The summed E-state index contributed by atoms with van der Waals surface area (Å²) in [7, 11) is 2.83. The first kappa shape index (κ1) is 9.92. The van der Waals surface area contributed by atoms with Gasteiger partial charge in [-0.05, 0) is 41.9 Å². The van der Waals surface area contributed by atoms with E-state index in [9.17, 15) is 9.59 Å². The van der Waals surface area contributed by atoms with Crippen LogP contribution in [0, 0.1) is 47.3 Å². The second-order valence-corrected chi connectivity index (χ2v) is 5.97. The molecule has 5 rings (SSSR count). The average molecular weight is 236 g/mol. The largest absolute Gasteiger partial charge is 0.469 e. The van der Waals surface area contributed by atoms with Crippen molar-refractivity contribution in [3.8, 4) is 0 Å². The predicted octanol–water partition coefficient (Wildman–Crippen LogP) is 0.706. The van der Waals surface area contributed by atoms with Crippen LogP contribution in [0.2, 0.25) is 0 Å². The van der Waals surface area contributed by atoms with Gasteiger partial charge in [-0.2, -0.15) is 0 Å². The summed E-state index contributed by atoms with van der Waals surface area (Å²) >= 11 is 0. The number of methoxy groups -OCH3 is 2. The van der Waals surface area contributed by atoms with Crippen LogP contribution in [0.5, 0.6) is 0 Å². The zero-order valence-corrected chi connectivity index (χ0v) is 9.96. The van der Waals surface area contributed by atoms with Crippen LogP contribution in [0.3, 0.4) is 0 Å². The van der Waals surface area contributed by atoms with Crippen molar-refractivity contribution >= 4 is 11.9 Å². The third-order valence-electron chi connectivity index (χ3n) is 5.88. The van der Waals surface area contributed by atoms with Crippen molar-refractivity contribution in [2.75, 3.05) is 14.2 Å². The zero-order chi connectivity index (χ0) is 11.9.